The summed E-state index contributed by atoms with van der Waals surface area (Å²) < 4.78 is 0. The molecule has 4 heteroatoms. The molecular weight excluding hydrogens is 987 g/mol. The lowest BCUT2D eigenvalue weighted by Crippen LogP contribution is -2.45. The minimum atomic E-state index is -0.877. The third kappa shape index (κ3) is 67.5. The first-order valence-corrected chi connectivity index (χ1v) is 35.2. The molecule has 0 heterocycles. The van der Waals surface area contributed by atoms with E-state index < -0.39 is 12.1 Å². The van der Waals surface area contributed by atoms with Crippen LogP contribution in [0.3, 0.4) is 0 Å². The smallest absolute Gasteiger partial charge is 0.220 e. The van der Waals surface area contributed by atoms with Crippen LogP contribution in [0, 0.1) is 0 Å². The van der Waals surface area contributed by atoms with E-state index in [1.807, 2.05) is 6.08 Å². The van der Waals surface area contributed by atoms with Gasteiger partial charge in [-0.2, -0.15) is 0 Å². The maximum Gasteiger partial charge on any atom is 0.220 e. The van der Waals surface area contributed by atoms with Crippen LogP contribution in [0.4, 0.5) is 0 Å². The first-order valence-electron chi connectivity index (χ1n) is 35.2. The number of unbranched alkanes of at least 4 members (excludes halogenated alkanes) is 39. The summed E-state index contributed by atoms with van der Waals surface area (Å²) in [5, 5.41) is 23.3. The summed E-state index contributed by atoms with van der Waals surface area (Å²) in [7, 11) is 0. The maximum absolute atomic E-state index is 12.5. The largest absolute Gasteiger partial charge is 0.394 e. The van der Waals surface area contributed by atoms with Gasteiger partial charge in [0.15, 0.2) is 0 Å². The van der Waals surface area contributed by atoms with E-state index in [9.17, 15) is 15.0 Å². The van der Waals surface area contributed by atoms with Crippen molar-refractivity contribution < 1.29 is 15.0 Å². The molecule has 0 aromatic carbocycles. The number of hydrogen-bond donors (Lipinski definition) is 3. The molecule has 0 spiro atoms. The van der Waals surface area contributed by atoms with E-state index in [2.05, 4.69) is 129 Å². The van der Waals surface area contributed by atoms with Gasteiger partial charge in [-0.3, -0.25) is 4.79 Å². The third-order valence-corrected chi connectivity index (χ3v) is 15.7. The van der Waals surface area contributed by atoms with E-state index in [1.165, 1.54) is 238 Å². The number of nitrogens with one attached hydrogen (secondary N) is 1. The monoisotopic (exact) mass is 1120 g/mol. The Morgan fingerprint density at radius 3 is 0.864 bits per heavy atom. The molecule has 1 amide bonds. The van der Waals surface area contributed by atoms with Gasteiger partial charge in [0.05, 0.1) is 18.8 Å². The normalized spacial score (nSPS) is 13.5. The van der Waals surface area contributed by atoms with Crippen LogP contribution in [0.25, 0.3) is 0 Å². The highest BCUT2D eigenvalue weighted by Crippen LogP contribution is 2.18. The summed E-state index contributed by atoms with van der Waals surface area (Å²) in [5.74, 6) is -0.0762. The Kier molecular flexibility index (Phi) is 68.2. The van der Waals surface area contributed by atoms with Crippen molar-refractivity contribution in [3.63, 3.8) is 0 Å². The van der Waals surface area contributed by atoms with Gasteiger partial charge < -0.3 is 15.5 Å². The first kappa shape index (κ1) is 77.8. The van der Waals surface area contributed by atoms with Gasteiger partial charge in [0.2, 0.25) is 5.91 Å². The van der Waals surface area contributed by atoms with Crippen molar-refractivity contribution in [1.82, 2.24) is 5.32 Å². The number of allylic oxidation sites excluding steroid dienone is 19. The Labute approximate surface area is 505 Å². The van der Waals surface area contributed by atoms with Crippen molar-refractivity contribution in [3.05, 3.63) is 122 Å². The quantitative estimate of drug-likeness (QED) is 0.0420. The minimum absolute atomic E-state index is 0.0762. The molecule has 4 nitrogen and oxygen atoms in total. The van der Waals surface area contributed by atoms with Gasteiger partial charge in [0.25, 0.3) is 0 Å². The number of aliphatic hydroxyl groups excluding tert-OH is 2. The second kappa shape index (κ2) is 71.1. The third-order valence-electron chi connectivity index (χ3n) is 15.7. The molecule has 0 saturated heterocycles. The Morgan fingerprint density at radius 1 is 0.309 bits per heavy atom. The maximum atomic E-state index is 12.5. The van der Waals surface area contributed by atoms with Crippen LogP contribution < -0.4 is 5.32 Å². The highest BCUT2D eigenvalue weighted by atomic mass is 16.3. The lowest BCUT2D eigenvalue weighted by atomic mass is 10.0. The van der Waals surface area contributed by atoms with Crippen LogP contribution in [-0.2, 0) is 4.79 Å². The fourth-order valence-electron chi connectivity index (χ4n) is 10.4. The van der Waals surface area contributed by atoms with Crippen molar-refractivity contribution >= 4 is 5.91 Å². The van der Waals surface area contributed by atoms with Gasteiger partial charge in [0, 0.05) is 6.42 Å². The van der Waals surface area contributed by atoms with Gasteiger partial charge in [-0.1, -0.05) is 354 Å². The molecule has 2 unspecified atom stereocenters. The van der Waals surface area contributed by atoms with Crippen LogP contribution in [0.1, 0.15) is 341 Å². The van der Waals surface area contributed by atoms with Crippen LogP contribution in [0.2, 0.25) is 0 Å². The predicted octanol–water partition coefficient (Wildman–Crippen LogP) is 24.3. The predicted molar refractivity (Wildman–Crippen MR) is 363 cm³/mol. The molecule has 0 saturated carbocycles. The van der Waals surface area contributed by atoms with E-state index in [4.69, 9.17) is 0 Å². The number of carbonyl (C=O) groups excluding carboxylic acids is 1. The van der Waals surface area contributed by atoms with Crippen molar-refractivity contribution in [1.29, 1.82) is 0 Å². The fourth-order valence-corrected chi connectivity index (χ4v) is 10.4. The molecule has 0 fully saturated rings. The Morgan fingerprint density at radius 2 is 0.556 bits per heavy atom. The van der Waals surface area contributed by atoms with Crippen LogP contribution in [0.5, 0.6) is 0 Å². The molecule has 81 heavy (non-hydrogen) atoms. The van der Waals surface area contributed by atoms with Crippen molar-refractivity contribution in [3.8, 4) is 0 Å². The summed E-state index contributed by atoms with van der Waals surface area (Å²) in [4.78, 5) is 12.5. The van der Waals surface area contributed by atoms with Gasteiger partial charge in [-0.15, -0.1) is 0 Å². The number of aliphatic hydroxyl groups is 2. The molecular formula is C77H135NO3. The second-order valence-electron chi connectivity index (χ2n) is 23.6. The first-order chi connectivity index (χ1) is 40.2. The number of carbonyl (C=O) groups is 1. The molecule has 466 valence electrons. The lowest BCUT2D eigenvalue weighted by Gasteiger charge is -2.19. The standard InChI is InChI=1S/C77H135NO3/c1-3-5-7-9-11-13-15-17-19-21-23-25-27-29-31-33-34-35-36-37-38-39-40-41-42-43-44-45-47-49-51-53-55-57-59-61-63-65-67-69-71-73-77(81)78-75(74-79)76(80)72-70-68-66-64-62-60-58-56-54-52-50-48-46-32-30-28-26-24-22-20-18-16-14-12-10-8-6-4-2/h5,7,11,13,17,19,23,25,29,31,34-35,37-38,54,56,62,64,70,72,75-76,79-80H,3-4,6,8-10,12,14-16,18,20-22,24,26-28,30,32-33,36,39-53,55,57-61,63,65-69,71,73-74H2,1-2H3,(H,78,81)/b7-5-,13-11-,19-17-,25-23-,31-29-,35-34-,38-37-,56-54+,64-62+,72-70+. The van der Waals surface area contributed by atoms with Crippen LogP contribution >= 0.6 is 0 Å². The Bertz CT molecular complexity index is 1560. The van der Waals surface area contributed by atoms with Crippen molar-refractivity contribution in [2.75, 3.05) is 6.61 Å². The topological polar surface area (TPSA) is 69.6 Å². The van der Waals surface area contributed by atoms with Gasteiger partial charge in [0.1, 0.15) is 0 Å². The molecule has 0 radical (unpaired) electrons. The van der Waals surface area contributed by atoms with Crippen LogP contribution in [0.15, 0.2) is 122 Å². The highest BCUT2D eigenvalue weighted by Gasteiger charge is 2.18. The molecule has 0 aromatic rings. The summed E-state index contributed by atoms with van der Waals surface area (Å²) in [6, 6.07) is -0.652. The second-order valence-corrected chi connectivity index (χ2v) is 23.6. The van der Waals surface area contributed by atoms with Gasteiger partial charge in [-0.05, 0) is 103 Å². The number of hydrogen-bond acceptors (Lipinski definition) is 3. The Balaban J connectivity index is 3.52. The van der Waals surface area contributed by atoms with Gasteiger partial charge >= 0.3 is 0 Å². The summed E-state index contributed by atoms with van der Waals surface area (Å²) >= 11 is 0. The zero-order valence-electron chi connectivity index (χ0n) is 53.8. The van der Waals surface area contributed by atoms with Gasteiger partial charge in [-0.25, -0.2) is 0 Å². The van der Waals surface area contributed by atoms with Crippen molar-refractivity contribution in [2.45, 2.75) is 353 Å². The molecule has 0 bridgehead atoms. The molecule has 0 rings (SSSR count). The zero-order valence-corrected chi connectivity index (χ0v) is 53.8. The summed E-state index contributed by atoms with van der Waals surface area (Å²) in [6.45, 7) is 4.20. The van der Waals surface area contributed by atoms with E-state index in [-0.39, 0.29) is 12.5 Å². The molecule has 0 aromatic heterocycles. The molecule has 0 aliphatic carbocycles. The van der Waals surface area contributed by atoms with E-state index in [1.54, 1.807) is 6.08 Å². The zero-order chi connectivity index (χ0) is 58.4. The molecule has 0 aliphatic heterocycles. The summed E-state index contributed by atoms with van der Waals surface area (Å²) in [6.07, 6.45) is 109. The number of amides is 1. The summed E-state index contributed by atoms with van der Waals surface area (Å²) in [5.41, 5.74) is 0. The van der Waals surface area contributed by atoms with E-state index in [0.717, 1.165) is 83.5 Å². The fraction of sp³-hybridized carbons (Fsp3) is 0.727. The van der Waals surface area contributed by atoms with Crippen LogP contribution in [-0.4, -0.2) is 34.9 Å². The van der Waals surface area contributed by atoms with Crippen molar-refractivity contribution in [2.24, 2.45) is 0 Å². The molecule has 0 aliphatic rings. The van der Waals surface area contributed by atoms with E-state index in [0.29, 0.717) is 6.42 Å². The average Bonchev–Trinajstić information content (AvgIpc) is 3.47. The lowest BCUT2D eigenvalue weighted by molar-refractivity contribution is -0.123. The molecule has 2 atom stereocenters. The number of rotatable bonds is 64. The molecule has 3 N–H and O–H groups in total. The SMILES string of the molecule is CC/C=C\C/C=C\C/C=C\C/C=C\C/C=C\C/C=C\C/C=C\CCCCCCCCCCCCCCCCCCCCCC(=O)NC(CO)C(O)/C=C/CC/C=C/CC/C=C/CCCCCCCCCCCCCCCCCCCC. The average molecular weight is 1120 g/mol. The Hall–Kier alpha value is -3.21. The highest BCUT2D eigenvalue weighted by molar-refractivity contribution is 5.76. The minimum Gasteiger partial charge on any atom is -0.394 e. The van der Waals surface area contributed by atoms with E-state index >= 15 is 0 Å².